The van der Waals surface area contributed by atoms with Crippen molar-refractivity contribution >= 4 is 0 Å². The van der Waals surface area contributed by atoms with Crippen LogP contribution < -0.4 is 17.1 Å². The first-order valence-corrected chi connectivity index (χ1v) is 8.44. The van der Waals surface area contributed by atoms with Crippen molar-refractivity contribution in [1.29, 1.82) is 0 Å². The molecule has 0 unspecified atom stereocenters. The molecule has 1 aromatic heterocycles. The molecule has 0 bridgehead atoms. The van der Waals surface area contributed by atoms with Crippen molar-refractivity contribution in [1.82, 2.24) is 13.7 Å². The van der Waals surface area contributed by atoms with E-state index in [2.05, 4.69) is 17.9 Å². The minimum absolute atomic E-state index is 0. The quantitative estimate of drug-likeness (QED) is 0.298. The van der Waals surface area contributed by atoms with Crippen LogP contribution in [0.25, 0.3) is 0 Å². The highest BCUT2D eigenvalue weighted by molar-refractivity contribution is 4.92. The van der Waals surface area contributed by atoms with Gasteiger partial charge in [0.05, 0.1) is 13.1 Å². The second kappa shape index (κ2) is 11.9. The summed E-state index contributed by atoms with van der Waals surface area (Å²) in [5.41, 5.74) is -5.24. The van der Waals surface area contributed by atoms with E-state index in [1.54, 1.807) is 0 Å². The summed E-state index contributed by atoms with van der Waals surface area (Å²) in [6.07, 6.45) is -11.7. The lowest BCUT2D eigenvalue weighted by Crippen LogP contribution is -2.61. The van der Waals surface area contributed by atoms with Gasteiger partial charge < -0.3 is 0 Å². The minimum atomic E-state index is -6.83. The van der Waals surface area contributed by atoms with E-state index in [1.165, 1.54) is 0 Å². The molecule has 36 heavy (non-hydrogen) atoms. The number of alkyl halides is 10. The average Bonchev–Trinajstić information content (AvgIpc) is 2.64. The number of allylic oxidation sites excluding steroid dienone is 2. The van der Waals surface area contributed by atoms with Crippen LogP contribution in [0.5, 0.6) is 0 Å². The maximum absolute atomic E-state index is 14.1. The lowest BCUT2D eigenvalue weighted by molar-refractivity contribution is -0.485. The number of aromatic nitrogens is 3. The van der Waals surface area contributed by atoms with Crippen LogP contribution in [0.3, 0.4) is 0 Å². The summed E-state index contributed by atoms with van der Waals surface area (Å²) in [6.45, 7) is 1.28. The van der Waals surface area contributed by atoms with Gasteiger partial charge in [-0.3, -0.25) is 0 Å². The molecule has 212 valence electrons. The smallest absolute Gasteiger partial charge is 0.247 e. The lowest BCUT2D eigenvalue weighted by atomic mass is 10.2. The molecule has 7 nitrogen and oxygen atoms in total. The Morgan fingerprint density at radius 3 is 1.33 bits per heavy atom. The Morgan fingerprint density at radius 1 is 0.694 bits per heavy atom. The largest absolute Gasteiger partial charge is 0.430 e. The Balaban J connectivity index is -0.00000363. The minimum Gasteiger partial charge on any atom is -0.247 e. The maximum atomic E-state index is 14.1. The topological polar surface area (TPSA) is 75.2 Å². The molecule has 0 N–H and O–H groups in total. The van der Waals surface area contributed by atoms with E-state index in [4.69, 9.17) is 0 Å². The zero-order chi connectivity index (χ0) is 26.2. The van der Waals surface area contributed by atoms with Crippen molar-refractivity contribution in [2.75, 3.05) is 0 Å². The average molecular weight is 551 g/mol. The molecule has 1 rings (SSSR count). The van der Waals surface area contributed by atoms with Crippen LogP contribution >= 0.6 is 0 Å². The molecule has 1 aromatic rings. The highest BCUT2D eigenvalue weighted by atomic mass is 19.4. The summed E-state index contributed by atoms with van der Waals surface area (Å²) in [5.74, 6) is -18.4. The van der Waals surface area contributed by atoms with E-state index in [1.807, 2.05) is 0 Å². The van der Waals surface area contributed by atoms with Crippen LogP contribution in [-0.2, 0) is 24.4 Å². The van der Waals surface area contributed by atoms with Gasteiger partial charge in [0.1, 0.15) is 6.54 Å². The number of rotatable bonds is 11. The summed E-state index contributed by atoms with van der Waals surface area (Å²) in [7, 11) is 0. The Bertz CT molecular complexity index is 1040. The van der Waals surface area contributed by atoms with Crippen LogP contribution in [0.15, 0.2) is 39.7 Å². The maximum Gasteiger partial charge on any atom is 0.430 e. The Kier molecular flexibility index (Phi) is 12.5. The van der Waals surface area contributed by atoms with E-state index in [0.29, 0.717) is 0 Å². The van der Waals surface area contributed by atoms with E-state index in [9.17, 15) is 58.3 Å². The third-order valence-corrected chi connectivity index (χ3v) is 3.96. The van der Waals surface area contributed by atoms with Crippen LogP contribution in [0.1, 0.15) is 29.2 Å². The normalized spacial score (nSPS) is 12.6. The highest BCUT2D eigenvalue weighted by Gasteiger charge is 2.75. The van der Waals surface area contributed by atoms with Gasteiger partial charge >= 0.3 is 47.1 Å². The SMILES string of the molecule is C.C.C.C=CCn1c(=O)n(CC=C)c(=O)n(CC(F)(F)C(F)(F)OC(F)(F)C(F)(F)C(C)(F)F)c1=O. The van der Waals surface area contributed by atoms with Crippen molar-refractivity contribution in [3.05, 3.63) is 56.8 Å². The summed E-state index contributed by atoms with van der Waals surface area (Å²) in [5, 5.41) is 0. The Labute approximate surface area is 198 Å². The standard InChI is InChI=1S/C16H15F10N3O4.3CH4/c1-4-6-27-9(30)28(7-5-2)11(32)29(10(27)31)8-13(19,20)15(23,24)33-16(25,26)14(21,22)12(3,17)18;;;/h4-5H,1-2,6-8H2,3H3;3*1H4. The van der Waals surface area contributed by atoms with Gasteiger partial charge in [0.25, 0.3) is 0 Å². The predicted octanol–water partition coefficient (Wildman–Crippen LogP) is 4.58. The molecule has 0 saturated heterocycles. The van der Waals surface area contributed by atoms with Crippen LogP contribution in [0.4, 0.5) is 43.9 Å². The van der Waals surface area contributed by atoms with Gasteiger partial charge in [-0.2, -0.15) is 43.9 Å². The number of nitrogens with zero attached hydrogens (tertiary/aromatic N) is 3. The fourth-order valence-electron chi connectivity index (χ4n) is 2.23. The monoisotopic (exact) mass is 551 g/mol. The molecule has 1 heterocycles. The zero-order valence-corrected chi connectivity index (χ0v) is 16.4. The van der Waals surface area contributed by atoms with Gasteiger partial charge in [-0.25, -0.2) is 32.8 Å². The first kappa shape index (κ1) is 37.7. The second-order valence-electron chi connectivity index (χ2n) is 6.54. The number of ether oxygens (including phenoxy) is 1. The van der Waals surface area contributed by atoms with Crippen molar-refractivity contribution in [3.63, 3.8) is 0 Å². The molecule has 0 aromatic carbocycles. The zero-order valence-electron chi connectivity index (χ0n) is 16.4. The third kappa shape index (κ3) is 6.67. The van der Waals surface area contributed by atoms with Crippen LogP contribution in [-0.4, -0.2) is 43.7 Å². The molecule has 0 radical (unpaired) electrons. The first-order chi connectivity index (χ1) is 14.7. The molecule has 0 aliphatic rings. The predicted molar refractivity (Wildman–Crippen MR) is 111 cm³/mol. The lowest BCUT2D eigenvalue weighted by Gasteiger charge is -2.34. The molecular weight excluding hydrogens is 524 g/mol. The van der Waals surface area contributed by atoms with Gasteiger partial charge in [-0.05, 0) is 0 Å². The molecule has 0 atom stereocenters. The van der Waals surface area contributed by atoms with E-state index in [-0.39, 0.29) is 31.4 Å². The van der Waals surface area contributed by atoms with Crippen molar-refractivity contribution in [2.45, 2.75) is 78.8 Å². The molecule has 0 aliphatic carbocycles. The molecule has 0 spiro atoms. The third-order valence-electron chi connectivity index (χ3n) is 3.96. The molecule has 0 fully saturated rings. The fourth-order valence-corrected chi connectivity index (χ4v) is 2.23. The number of halogens is 10. The number of hydrogen-bond acceptors (Lipinski definition) is 4. The van der Waals surface area contributed by atoms with Crippen molar-refractivity contribution < 1.29 is 48.6 Å². The summed E-state index contributed by atoms with van der Waals surface area (Å²) < 4.78 is 136. The van der Waals surface area contributed by atoms with Gasteiger partial charge in [-0.1, -0.05) is 34.4 Å². The van der Waals surface area contributed by atoms with E-state index >= 15 is 0 Å². The van der Waals surface area contributed by atoms with Gasteiger partial charge in [0.2, 0.25) is 0 Å². The van der Waals surface area contributed by atoms with E-state index < -0.39 is 78.2 Å². The Morgan fingerprint density at radius 2 is 1.03 bits per heavy atom. The van der Waals surface area contributed by atoms with Crippen molar-refractivity contribution in [3.8, 4) is 0 Å². The van der Waals surface area contributed by atoms with Crippen LogP contribution in [0, 0.1) is 0 Å². The molecule has 0 saturated carbocycles. The molecule has 0 aliphatic heterocycles. The van der Waals surface area contributed by atoms with E-state index in [0.717, 1.165) is 12.2 Å². The van der Waals surface area contributed by atoms with Gasteiger partial charge in [0, 0.05) is 6.92 Å². The van der Waals surface area contributed by atoms with Crippen LogP contribution in [0.2, 0.25) is 0 Å². The van der Waals surface area contributed by atoms with Gasteiger partial charge in [-0.15, -0.1) is 13.2 Å². The number of hydrogen-bond donors (Lipinski definition) is 0. The summed E-state index contributed by atoms with van der Waals surface area (Å²) in [4.78, 5) is 36.5. The first-order valence-electron chi connectivity index (χ1n) is 8.44. The second-order valence-corrected chi connectivity index (χ2v) is 6.54. The summed E-state index contributed by atoms with van der Waals surface area (Å²) >= 11 is 0. The Hall–Kier alpha value is -2.85. The molecule has 17 heteroatoms. The van der Waals surface area contributed by atoms with Gasteiger partial charge in [0.15, 0.2) is 0 Å². The molecule has 0 amide bonds. The molecular formula is C19H27F10N3O4. The fraction of sp³-hybridized carbons (Fsp3) is 0.632. The highest BCUT2D eigenvalue weighted by Crippen LogP contribution is 2.50. The van der Waals surface area contributed by atoms with Crippen molar-refractivity contribution in [2.24, 2.45) is 0 Å². The summed E-state index contributed by atoms with van der Waals surface area (Å²) in [6, 6.07) is 0.